The maximum Gasteiger partial charge on any atom is 0.340 e. The van der Waals surface area contributed by atoms with Crippen molar-refractivity contribution in [1.29, 1.82) is 0 Å². The van der Waals surface area contributed by atoms with E-state index in [0.29, 0.717) is 34.9 Å². The number of nitrogens with one attached hydrogen (secondary N) is 1. The van der Waals surface area contributed by atoms with Gasteiger partial charge in [-0.05, 0) is 76.1 Å². The van der Waals surface area contributed by atoms with Crippen LogP contribution in [-0.2, 0) is 25.5 Å². The van der Waals surface area contributed by atoms with Crippen molar-refractivity contribution < 1.29 is 22.7 Å². The summed E-state index contributed by atoms with van der Waals surface area (Å²) in [6.45, 7) is 7.53. The number of sulfone groups is 1. The molecule has 3 aromatic heterocycles. The van der Waals surface area contributed by atoms with Crippen molar-refractivity contribution in [2.24, 2.45) is 5.73 Å². The van der Waals surface area contributed by atoms with Crippen molar-refractivity contribution in [2.75, 3.05) is 17.3 Å². The van der Waals surface area contributed by atoms with E-state index in [0.717, 1.165) is 29.5 Å². The van der Waals surface area contributed by atoms with Gasteiger partial charge in [-0.15, -0.1) is 0 Å². The molecule has 38 heavy (non-hydrogen) atoms. The summed E-state index contributed by atoms with van der Waals surface area (Å²) in [5, 5.41) is 4.75. The van der Waals surface area contributed by atoms with Crippen LogP contribution in [0.25, 0.3) is 10.8 Å². The number of ether oxygens (including phenoxy) is 2. The molecule has 3 aromatic rings. The number of carbonyl (C=O) groups is 1. The van der Waals surface area contributed by atoms with Gasteiger partial charge in [0.1, 0.15) is 27.6 Å². The Morgan fingerprint density at radius 1 is 1.21 bits per heavy atom. The number of rotatable bonds is 8. The summed E-state index contributed by atoms with van der Waals surface area (Å²) in [7, 11) is -3.10. The summed E-state index contributed by atoms with van der Waals surface area (Å²) in [6, 6.07) is 5.37. The number of hydrogen-bond acceptors (Lipinski definition) is 10. The lowest BCUT2D eigenvalue weighted by Crippen LogP contribution is -2.36. The Labute approximate surface area is 222 Å². The number of carbonyl (C=O) groups excluding carboxylic acids is 1. The van der Waals surface area contributed by atoms with Gasteiger partial charge in [-0.1, -0.05) is 0 Å². The minimum atomic E-state index is -3.10. The van der Waals surface area contributed by atoms with E-state index in [2.05, 4.69) is 15.3 Å². The third-order valence-corrected chi connectivity index (χ3v) is 8.31. The molecule has 1 fully saturated rings. The highest BCUT2D eigenvalue weighted by Gasteiger charge is 2.56. The molecular weight excluding hydrogens is 506 g/mol. The fourth-order valence-electron chi connectivity index (χ4n) is 4.93. The minimum Gasteiger partial charge on any atom is -0.474 e. The molecule has 0 amide bonds. The van der Waals surface area contributed by atoms with Crippen molar-refractivity contribution in [1.82, 2.24) is 15.0 Å². The lowest BCUT2D eigenvalue weighted by molar-refractivity contribution is 0.0183. The van der Waals surface area contributed by atoms with Crippen LogP contribution in [0.1, 0.15) is 68.6 Å². The first-order valence-electron chi connectivity index (χ1n) is 12.7. The Morgan fingerprint density at radius 3 is 2.61 bits per heavy atom. The number of cyclic esters (lactones) is 1. The second-order valence-corrected chi connectivity index (χ2v) is 13.3. The maximum absolute atomic E-state index is 12.4. The predicted octanol–water partition coefficient (Wildman–Crippen LogP) is 3.75. The van der Waals surface area contributed by atoms with E-state index in [1.54, 1.807) is 24.5 Å². The van der Waals surface area contributed by atoms with Crippen LogP contribution in [0.15, 0.2) is 30.6 Å². The average molecular weight is 540 g/mol. The maximum atomic E-state index is 12.4. The molecule has 4 heterocycles. The fraction of sp³-hybridized carbons (Fsp3) is 0.481. The number of esters is 1. The quantitative estimate of drug-likeness (QED) is 0.406. The number of aromatic nitrogens is 3. The molecule has 1 aliphatic carbocycles. The number of pyridine rings is 3. The van der Waals surface area contributed by atoms with Gasteiger partial charge in [0, 0.05) is 24.2 Å². The zero-order chi connectivity index (χ0) is 27.5. The molecular formula is C27H33N5O5S. The van der Waals surface area contributed by atoms with Gasteiger partial charge in [-0.3, -0.25) is 0 Å². The van der Waals surface area contributed by atoms with Crippen molar-refractivity contribution in [3.63, 3.8) is 0 Å². The molecule has 1 spiro atoms. The second kappa shape index (κ2) is 9.16. The van der Waals surface area contributed by atoms with E-state index >= 15 is 0 Å². The SMILES string of the molecule is C[C@H](CCS(C)(=O)=O)Oc1ncc(C(C)(C)N)c2cc(Nc3ccc4c(n3)C3(CC3)[C@H](C)OC4=O)ncc12. The highest BCUT2D eigenvalue weighted by molar-refractivity contribution is 7.90. The van der Waals surface area contributed by atoms with Crippen LogP contribution in [0.2, 0.25) is 0 Å². The highest BCUT2D eigenvalue weighted by atomic mass is 32.2. The number of hydrogen-bond donors (Lipinski definition) is 2. The Bertz CT molecular complexity index is 1530. The van der Waals surface area contributed by atoms with Gasteiger partial charge >= 0.3 is 5.97 Å². The van der Waals surface area contributed by atoms with Crippen LogP contribution < -0.4 is 15.8 Å². The van der Waals surface area contributed by atoms with Gasteiger partial charge in [0.2, 0.25) is 5.88 Å². The van der Waals surface area contributed by atoms with Gasteiger partial charge < -0.3 is 20.5 Å². The summed E-state index contributed by atoms with van der Waals surface area (Å²) >= 11 is 0. The monoisotopic (exact) mass is 539 g/mol. The van der Waals surface area contributed by atoms with Crippen LogP contribution in [-0.4, -0.2) is 53.6 Å². The molecule has 0 aromatic carbocycles. The molecule has 3 N–H and O–H groups in total. The van der Waals surface area contributed by atoms with E-state index in [-0.39, 0.29) is 29.3 Å². The molecule has 0 unspecified atom stereocenters. The van der Waals surface area contributed by atoms with Gasteiger partial charge in [-0.25, -0.2) is 28.2 Å². The fourth-order valence-corrected chi connectivity index (χ4v) is 5.69. The molecule has 0 radical (unpaired) electrons. The molecule has 1 saturated carbocycles. The predicted molar refractivity (Wildman–Crippen MR) is 144 cm³/mol. The molecule has 10 nitrogen and oxygen atoms in total. The zero-order valence-electron chi connectivity index (χ0n) is 22.2. The first-order chi connectivity index (χ1) is 17.8. The van der Waals surface area contributed by atoms with Crippen molar-refractivity contribution in [3.05, 3.63) is 47.4 Å². The molecule has 0 bridgehead atoms. The molecule has 2 atom stereocenters. The third-order valence-electron chi connectivity index (χ3n) is 7.33. The first-order valence-corrected chi connectivity index (χ1v) is 14.7. The molecule has 202 valence electrons. The number of anilines is 2. The number of nitrogens with two attached hydrogens (primary N) is 1. The molecule has 2 aliphatic rings. The van der Waals surface area contributed by atoms with Crippen LogP contribution in [0.3, 0.4) is 0 Å². The van der Waals surface area contributed by atoms with E-state index < -0.39 is 15.4 Å². The first kappa shape index (κ1) is 26.3. The van der Waals surface area contributed by atoms with Crippen molar-refractivity contribution in [3.8, 4) is 5.88 Å². The van der Waals surface area contributed by atoms with Crippen LogP contribution in [0, 0.1) is 0 Å². The molecule has 0 saturated heterocycles. The van der Waals surface area contributed by atoms with Crippen molar-refractivity contribution >= 4 is 38.2 Å². The Hall–Kier alpha value is -3.31. The summed E-state index contributed by atoms with van der Waals surface area (Å²) in [6.07, 6.45) is 6.21. The van der Waals surface area contributed by atoms with Gasteiger partial charge in [-0.2, -0.15) is 0 Å². The van der Waals surface area contributed by atoms with Crippen LogP contribution in [0.5, 0.6) is 5.88 Å². The topological polar surface area (TPSA) is 146 Å². The largest absolute Gasteiger partial charge is 0.474 e. The summed E-state index contributed by atoms with van der Waals surface area (Å²) in [4.78, 5) is 26.3. The lowest BCUT2D eigenvalue weighted by atomic mass is 9.89. The number of fused-ring (bicyclic) bond motifs is 3. The normalized spacial score (nSPS) is 19.1. The standard InChI is InChI=1S/C27H33N5O5S/c1-15(8-11-38(5,34)35)36-24-19-13-29-22(12-18(19)20(14-30-24)26(3,4)28)31-21-7-6-17-23(32-21)27(9-10-27)16(2)37-25(17)33/h6-7,12-16H,8-11,28H2,1-5H3,(H,29,31,32)/t15-,16+/m1/s1. The van der Waals surface area contributed by atoms with Crippen LogP contribution >= 0.6 is 0 Å². The third kappa shape index (κ3) is 5.04. The Kier molecular flexibility index (Phi) is 6.34. The van der Waals surface area contributed by atoms with E-state index in [4.69, 9.17) is 20.2 Å². The molecule has 1 aliphatic heterocycles. The molecule has 11 heteroatoms. The average Bonchev–Trinajstić information content (AvgIpc) is 3.62. The van der Waals surface area contributed by atoms with Gasteiger partial charge in [0.25, 0.3) is 0 Å². The highest BCUT2D eigenvalue weighted by Crippen LogP contribution is 2.54. The van der Waals surface area contributed by atoms with E-state index in [1.807, 2.05) is 33.8 Å². The van der Waals surface area contributed by atoms with E-state index in [1.165, 1.54) is 6.26 Å². The van der Waals surface area contributed by atoms with Gasteiger partial charge in [0.15, 0.2) is 0 Å². The molecule has 5 rings (SSSR count). The van der Waals surface area contributed by atoms with Crippen LogP contribution in [0.4, 0.5) is 11.6 Å². The summed E-state index contributed by atoms with van der Waals surface area (Å²) < 4.78 is 34.7. The smallest absolute Gasteiger partial charge is 0.340 e. The Morgan fingerprint density at radius 2 is 1.95 bits per heavy atom. The van der Waals surface area contributed by atoms with E-state index in [9.17, 15) is 13.2 Å². The Balaban J connectivity index is 1.48. The summed E-state index contributed by atoms with van der Waals surface area (Å²) in [5.74, 6) is 1.18. The lowest BCUT2D eigenvalue weighted by Gasteiger charge is -2.30. The zero-order valence-corrected chi connectivity index (χ0v) is 23.1. The number of nitrogens with zero attached hydrogens (tertiary/aromatic N) is 3. The van der Waals surface area contributed by atoms with Crippen molar-refractivity contribution in [2.45, 2.75) is 70.1 Å². The summed E-state index contributed by atoms with van der Waals surface area (Å²) in [5.41, 5.74) is 7.67. The minimum absolute atomic E-state index is 0.0257. The second-order valence-electron chi connectivity index (χ2n) is 11.1. The van der Waals surface area contributed by atoms with Gasteiger partial charge in [0.05, 0.1) is 33.9 Å².